The highest BCUT2D eigenvalue weighted by Crippen LogP contribution is 2.31. The Bertz CT molecular complexity index is 1350. The predicted molar refractivity (Wildman–Crippen MR) is 156 cm³/mol. The van der Waals surface area contributed by atoms with Gasteiger partial charge in [0.1, 0.15) is 11.5 Å². The van der Waals surface area contributed by atoms with Crippen molar-refractivity contribution in [3.63, 3.8) is 0 Å². The van der Waals surface area contributed by atoms with Crippen LogP contribution in [0.3, 0.4) is 0 Å². The molecule has 2 atom stereocenters. The third-order valence-corrected chi connectivity index (χ3v) is 8.37. The molecule has 0 spiro atoms. The molecule has 1 N–H and O–H groups in total. The molecular formula is C29H38ClN9O. The molecule has 0 saturated carbocycles. The summed E-state index contributed by atoms with van der Waals surface area (Å²) in [6.45, 7) is 14.0. The highest BCUT2D eigenvalue weighted by molar-refractivity contribution is 6.30. The topological polar surface area (TPSA) is 110 Å². The molecule has 10 nitrogen and oxygen atoms in total. The zero-order valence-electron chi connectivity index (χ0n) is 23.8. The van der Waals surface area contributed by atoms with Crippen molar-refractivity contribution in [2.45, 2.75) is 71.6 Å². The number of nitriles is 1. The fourth-order valence-electron chi connectivity index (χ4n) is 6.02. The minimum absolute atomic E-state index is 0.315. The molecular weight excluding hydrogens is 526 g/mol. The fraction of sp³-hybridized carbons (Fsp3) is 0.552. The summed E-state index contributed by atoms with van der Waals surface area (Å²) in [6, 6.07) is 9.64. The normalized spacial score (nSPS) is 20.9. The van der Waals surface area contributed by atoms with Gasteiger partial charge < -0.3 is 14.6 Å². The Morgan fingerprint density at radius 2 is 1.98 bits per heavy atom. The standard InChI is InChI=1S/C29H38ClN9O/c1-5-24-18-38(27-20(4)34-26(15-33-27)28-35-36-29(40-28)32-6-2)19(3)16-39(24)25-9-11-37(12-10-25)17-21-7-8-23(30)13-22(21)14-31/h7-8,13,15,19,24-25H,5-6,9-12,16-18H2,1-4H3,(H,32,36)/t19-,24+/m1/s1. The highest BCUT2D eigenvalue weighted by atomic mass is 35.5. The summed E-state index contributed by atoms with van der Waals surface area (Å²) >= 11 is 6.09. The minimum atomic E-state index is 0.315. The number of rotatable bonds is 8. The summed E-state index contributed by atoms with van der Waals surface area (Å²) in [5.74, 6) is 1.29. The van der Waals surface area contributed by atoms with E-state index in [9.17, 15) is 5.26 Å². The maximum atomic E-state index is 9.51. The highest BCUT2D eigenvalue weighted by Gasteiger charge is 2.37. The summed E-state index contributed by atoms with van der Waals surface area (Å²) in [4.78, 5) is 17.2. The summed E-state index contributed by atoms with van der Waals surface area (Å²) in [5, 5.41) is 21.3. The Kier molecular flexibility index (Phi) is 8.84. The molecule has 2 aliphatic heterocycles. The first-order valence-electron chi connectivity index (χ1n) is 14.2. The average molecular weight is 564 g/mol. The molecule has 0 aliphatic carbocycles. The Morgan fingerprint density at radius 1 is 1.18 bits per heavy atom. The molecule has 3 aromatic rings. The summed E-state index contributed by atoms with van der Waals surface area (Å²) < 4.78 is 5.67. The molecule has 0 bridgehead atoms. The lowest BCUT2D eigenvalue weighted by atomic mass is 9.95. The van der Waals surface area contributed by atoms with Crippen LogP contribution < -0.4 is 10.2 Å². The number of aromatic nitrogens is 4. The van der Waals surface area contributed by atoms with E-state index in [-0.39, 0.29) is 0 Å². The van der Waals surface area contributed by atoms with E-state index in [0.717, 1.165) is 69.1 Å². The van der Waals surface area contributed by atoms with Gasteiger partial charge in [0.2, 0.25) is 0 Å². The van der Waals surface area contributed by atoms with E-state index in [1.807, 2.05) is 26.0 Å². The first-order valence-corrected chi connectivity index (χ1v) is 14.6. The van der Waals surface area contributed by atoms with Crippen LogP contribution in [0.5, 0.6) is 0 Å². The first-order chi connectivity index (χ1) is 19.4. The second-order valence-electron chi connectivity index (χ2n) is 10.8. The smallest absolute Gasteiger partial charge is 0.315 e. The summed E-state index contributed by atoms with van der Waals surface area (Å²) in [7, 11) is 0. The van der Waals surface area contributed by atoms with E-state index in [1.165, 1.54) is 0 Å². The van der Waals surface area contributed by atoms with Gasteiger partial charge in [-0.3, -0.25) is 9.80 Å². The Morgan fingerprint density at radius 3 is 2.67 bits per heavy atom. The second kappa shape index (κ2) is 12.5. The largest absolute Gasteiger partial charge is 0.402 e. The number of nitrogens with one attached hydrogen (secondary N) is 1. The summed E-state index contributed by atoms with van der Waals surface area (Å²) in [5.41, 5.74) is 3.18. The Hall–Kier alpha value is -3.26. The SMILES string of the molecule is CCNc1nnc(-c2cnc(N3C[C@H](CC)N(C4CCN(Cc5ccc(Cl)cc5C#N)CC4)C[C@H]3C)c(C)n2)o1. The van der Waals surface area contributed by atoms with Crippen LogP contribution in [0.2, 0.25) is 5.02 Å². The van der Waals surface area contributed by atoms with Crippen molar-refractivity contribution >= 4 is 23.4 Å². The van der Waals surface area contributed by atoms with Crippen LogP contribution in [0.25, 0.3) is 11.6 Å². The predicted octanol–water partition coefficient (Wildman–Crippen LogP) is 4.75. The molecule has 2 aliphatic rings. The molecule has 40 heavy (non-hydrogen) atoms. The van der Waals surface area contributed by atoms with Gasteiger partial charge in [-0.05, 0) is 70.8 Å². The maximum Gasteiger partial charge on any atom is 0.315 e. The van der Waals surface area contributed by atoms with Crippen molar-refractivity contribution in [1.82, 2.24) is 30.0 Å². The number of likely N-dealkylation sites (tertiary alicyclic amines) is 1. The minimum Gasteiger partial charge on any atom is -0.402 e. The maximum absolute atomic E-state index is 9.51. The van der Waals surface area contributed by atoms with Gasteiger partial charge in [-0.1, -0.05) is 29.7 Å². The number of anilines is 2. The van der Waals surface area contributed by atoms with Crippen molar-refractivity contribution < 1.29 is 4.42 Å². The zero-order chi connectivity index (χ0) is 28.2. The van der Waals surface area contributed by atoms with Crippen molar-refractivity contribution in [3.8, 4) is 17.7 Å². The van der Waals surface area contributed by atoms with E-state index >= 15 is 0 Å². The molecule has 2 fully saturated rings. The first kappa shape index (κ1) is 28.3. The average Bonchev–Trinajstić information content (AvgIpc) is 3.43. The zero-order valence-corrected chi connectivity index (χ0v) is 24.5. The molecule has 11 heteroatoms. The molecule has 1 aromatic carbocycles. The molecule has 2 aromatic heterocycles. The number of nitrogens with zero attached hydrogens (tertiary/aromatic N) is 8. The van der Waals surface area contributed by atoms with Crippen molar-refractivity contribution in [2.75, 3.05) is 42.9 Å². The third kappa shape index (κ3) is 6.07. The van der Waals surface area contributed by atoms with Crippen LogP contribution >= 0.6 is 11.6 Å². The van der Waals surface area contributed by atoms with Gasteiger partial charge in [0, 0.05) is 49.3 Å². The van der Waals surface area contributed by atoms with Crippen molar-refractivity contribution in [2.24, 2.45) is 0 Å². The molecule has 0 radical (unpaired) electrons. The van der Waals surface area contributed by atoms with Crippen LogP contribution in [-0.2, 0) is 6.54 Å². The monoisotopic (exact) mass is 563 g/mol. The van der Waals surface area contributed by atoms with Gasteiger partial charge in [-0.15, -0.1) is 5.10 Å². The van der Waals surface area contributed by atoms with Gasteiger partial charge in [0.25, 0.3) is 5.89 Å². The molecule has 212 valence electrons. The number of hydrogen-bond donors (Lipinski definition) is 1. The van der Waals surface area contributed by atoms with Crippen LogP contribution in [-0.4, -0.2) is 80.8 Å². The van der Waals surface area contributed by atoms with Crippen LogP contribution in [0.15, 0.2) is 28.8 Å². The van der Waals surface area contributed by atoms with Crippen LogP contribution in [0, 0.1) is 18.3 Å². The lowest BCUT2D eigenvalue weighted by Gasteiger charge is -2.50. The molecule has 0 unspecified atom stereocenters. The Balaban J connectivity index is 1.22. The number of halogens is 1. The van der Waals surface area contributed by atoms with Gasteiger partial charge in [0.15, 0.2) is 0 Å². The van der Waals surface area contributed by atoms with E-state index in [2.05, 4.69) is 50.1 Å². The molecule has 5 rings (SSSR count). The lowest BCUT2D eigenvalue weighted by Crippen LogP contribution is -2.61. The lowest BCUT2D eigenvalue weighted by molar-refractivity contribution is 0.0505. The van der Waals surface area contributed by atoms with E-state index < -0.39 is 0 Å². The number of piperazine rings is 1. The van der Waals surface area contributed by atoms with Crippen LogP contribution in [0.1, 0.15) is 56.9 Å². The van der Waals surface area contributed by atoms with Crippen molar-refractivity contribution in [3.05, 3.63) is 46.2 Å². The third-order valence-electron chi connectivity index (χ3n) is 8.13. The van der Waals surface area contributed by atoms with Gasteiger partial charge in [-0.2, -0.15) is 5.26 Å². The summed E-state index contributed by atoms with van der Waals surface area (Å²) in [6.07, 6.45) is 5.08. The molecule has 0 amide bonds. The van der Waals surface area contributed by atoms with E-state index in [1.54, 1.807) is 12.3 Å². The van der Waals surface area contributed by atoms with Gasteiger partial charge >= 0.3 is 6.01 Å². The van der Waals surface area contributed by atoms with Gasteiger partial charge in [0.05, 0.1) is 23.5 Å². The van der Waals surface area contributed by atoms with E-state index in [4.69, 9.17) is 26.0 Å². The Labute approximate surface area is 241 Å². The van der Waals surface area contributed by atoms with Crippen molar-refractivity contribution in [1.29, 1.82) is 5.26 Å². The molecule has 2 saturated heterocycles. The second-order valence-corrected chi connectivity index (χ2v) is 11.2. The number of aryl methyl sites for hydroxylation is 1. The van der Waals surface area contributed by atoms with E-state index in [0.29, 0.717) is 52.9 Å². The van der Waals surface area contributed by atoms with Gasteiger partial charge in [-0.25, -0.2) is 9.97 Å². The molecule has 4 heterocycles. The quantitative estimate of drug-likeness (QED) is 0.412. The number of piperidine rings is 1. The number of benzene rings is 1. The fourth-order valence-corrected chi connectivity index (χ4v) is 6.19. The van der Waals surface area contributed by atoms with Crippen LogP contribution in [0.4, 0.5) is 11.8 Å². The number of hydrogen-bond acceptors (Lipinski definition) is 10.